The molecule has 3 nitrogen and oxygen atoms in total. The minimum absolute atomic E-state index is 0.288. The van der Waals surface area contributed by atoms with Crippen LogP contribution in [-0.2, 0) is 13.3 Å². The molecule has 0 aromatic heterocycles. The van der Waals surface area contributed by atoms with Crippen LogP contribution in [0.15, 0.2) is 11.6 Å². The molecule has 0 heterocycles. The average molecular weight is 357 g/mol. The normalized spacial score (nSPS) is 17.8. The largest absolute Gasteiger partial charge is 0.502 e. The second-order valence-corrected chi connectivity index (χ2v) is 12.4. The van der Waals surface area contributed by atoms with E-state index in [-0.39, 0.29) is 16.8 Å². The first-order valence-corrected chi connectivity index (χ1v) is 11.4. The van der Waals surface area contributed by atoms with E-state index in [2.05, 4.69) is 68.4 Å². The maximum atomic E-state index is 6.54. The molecule has 4 heteroatoms. The van der Waals surface area contributed by atoms with Crippen LogP contribution < -0.4 is 0 Å². The van der Waals surface area contributed by atoms with Gasteiger partial charge in [0.2, 0.25) is 0 Å². The summed E-state index contributed by atoms with van der Waals surface area (Å²) in [5.41, 5.74) is 0.683. The Morgan fingerprint density at radius 3 is 1.58 bits per heavy atom. The van der Waals surface area contributed by atoms with Crippen LogP contribution in [-0.4, -0.2) is 25.6 Å². The van der Waals surface area contributed by atoms with E-state index in [0.29, 0.717) is 0 Å². The van der Waals surface area contributed by atoms with E-state index in [1.54, 1.807) is 5.57 Å². The first-order chi connectivity index (χ1) is 10.7. The van der Waals surface area contributed by atoms with Gasteiger partial charge in [0.15, 0.2) is 0 Å². The summed E-state index contributed by atoms with van der Waals surface area (Å²) in [6.07, 6.45) is 8.49. The van der Waals surface area contributed by atoms with E-state index in [0.717, 1.165) is 12.5 Å². The van der Waals surface area contributed by atoms with Gasteiger partial charge >= 0.3 is 8.80 Å². The molecule has 0 amide bonds. The summed E-state index contributed by atoms with van der Waals surface area (Å²) in [5, 5.41) is 0. The molecule has 0 unspecified atom stereocenters. The Labute approximate surface area is 151 Å². The predicted molar refractivity (Wildman–Crippen MR) is 104 cm³/mol. The van der Waals surface area contributed by atoms with Crippen LogP contribution in [0, 0.1) is 0 Å². The third-order valence-electron chi connectivity index (χ3n) is 3.52. The molecule has 1 aliphatic carbocycles. The molecule has 1 aliphatic rings. The van der Waals surface area contributed by atoms with Crippen LogP contribution in [0.1, 0.15) is 94.4 Å². The van der Waals surface area contributed by atoms with Gasteiger partial charge in [-0.25, -0.2) is 0 Å². The molecule has 0 radical (unpaired) electrons. The van der Waals surface area contributed by atoms with Crippen LogP contribution in [0.5, 0.6) is 0 Å². The van der Waals surface area contributed by atoms with E-state index < -0.39 is 8.80 Å². The summed E-state index contributed by atoms with van der Waals surface area (Å²) in [5.74, 6) is 0. The Morgan fingerprint density at radius 2 is 1.25 bits per heavy atom. The minimum Gasteiger partial charge on any atom is -0.368 e. The Kier molecular flexibility index (Phi) is 7.32. The average Bonchev–Trinajstić information content (AvgIpc) is 2.31. The summed E-state index contributed by atoms with van der Waals surface area (Å²) in [7, 11) is -2.83. The maximum absolute atomic E-state index is 6.54. The van der Waals surface area contributed by atoms with Gasteiger partial charge in [0.25, 0.3) is 0 Å². The molecule has 0 N–H and O–H groups in total. The maximum Gasteiger partial charge on any atom is 0.502 e. The highest BCUT2D eigenvalue weighted by Crippen LogP contribution is 2.34. The Morgan fingerprint density at radius 1 is 0.792 bits per heavy atom. The molecule has 0 fully saturated rings. The van der Waals surface area contributed by atoms with Crippen molar-refractivity contribution >= 4 is 8.80 Å². The van der Waals surface area contributed by atoms with E-state index in [1.807, 2.05) is 0 Å². The zero-order valence-corrected chi connectivity index (χ0v) is 18.5. The fraction of sp³-hybridized carbons (Fsp3) is 0.900. The molecule has 0 bridgehead atoms. The highest BCUT2D eigenvalue weighted by atomic mass is 28.4. The molecule has 0 aliphatic heterocycles. The van der Waals surface area contributed by atoms with E-state index in [9.17, 15) is 0 Å². The standard InChI is InChI=1S/C20H40O3Si/c1-18(2,3)21-24(22-19(4,5)6,23-20(7,8)9)16-15-17-13-11-10-12-14-17/h13H,10-12,14-16H2,1-9H3. The summed E-state index contributed by atoms with van der Waals surface area (Å²) in [6, 6.07) is 0.852. The molecular weight excluding hydrogens is 316 g/mol. The quantitative estimate of drug-likeness (QED) is 0.415. The van der Waals surface area contributed by atoms with Crippen molar-refractivity contribution < 1.29 is 13.3 Å². The van der Waals surface area contributed by atoms with E-state index in [4.69, 9.17) is 13.3 Å². The fourth-order valence-electron chi connectivity index (χ4n) is 3.06. The van der Waals surface area contributed by atoms with Gasteiger partial charge in [-0.3, -0.25) is 0 Å². The number of allylic oxidation sites excluding steroid dienone is 2. The smallest absolute Gasteiger partial charge is 0.368 e. The van der Waals surface area contributed by atoms with Crippen molar-refractivity contribution in [3.63, 3.8) is 0 Å². The predicted octanol–water partition coefficient (Wildman–Crippen LogP) is 6.26. The van der Waals surface area contributed by atoms with Gasteiger partial charge in [-0.15, -0.1) is 0 Å². The van der Waals surface area contributed by atoms with Crippen molar-refractivity contribution in [1.82, 2.24) is 0 Å². The molecule has 0 saturated heterocycles. The van der Waals surface area contributed by atoms with Crippen LogP contribution in [0.25, 0.3) is 0 Å². The number of rotatable bonds is 6. The lowest BCUT2D eigenvalue weighted by molar-refractivity contribution is -0.0751. The van der Waals surface area contributed by atoms with Gasteiger partial charge < -0.3 is 13.3 Å². The van der Waals surface area contributed by atoms with E-state index >= 15 is 0 Å². The number of hydrogen-bond donors (Lipinski definition) is 0. The second-order valence-electron chi connectivity index (χ2n) is 9.93. The second kappa shape index (κ2) is 8.03. The topological polar surface area (TPSA) is 27.7 Å². The van der Waals surface area contributed by atoms with Gasteiger partial charge in [-0.1, -0.05) is 11.6 Å². The number of hydrogen-bond acceptors (Lipinski definition) is 3. The molecule has 142 valence electrons. The highest BCUT2D eigenvalue weighted by molar-refractivity contribution is 6.61. The van der Waals surface area contributed by atoms with Gasteiger partial charge in [0.1, 0.15) is 0 Å². The summed E-state index contributed by atoms with van der Waals surface area (Å²) >= 11 is 0. The van der Waals surface area contributed by atoms with Crippen LogP contribution >= 0.6 is 0 Å². The third kappa shape index (κ3) is 9.35. The van der Waals surface area contributed by atoms with Crippen LogP contribution in [0.2, 0.25) is 6.04 Å². The van der Waals surface area contributed by atoms with Crippen molar-refractivity contribution in [2.75, 3.05) is 0 Å². The molecule has 1 rings (SSSR count). The molecular formula is C20H40O3Si. The monoisotopic (exact) mass is 356 g/mol. The molecule has 0 saturated carbocycles. The Bertz CT molecular complexity index is 381. The lowest BCUT2D eigenvalue weighted by atomic mass is 9.98. The van der Waals surface area contributed by atoms with Crippen LogP contribution in [0.4, 0.5) is 0 Å². The third-order valence-corrected chi connectivity index (χ3v) is 7.15. The van der Waals surface area contributed by atoms with Gasteiger partial charge in [0, 0.05) is 6.04 Å². The Hall–Kier alpha value is -0.163. The molecule has 0 spiro atoms. The molecule has 0 aromatic rings. The summed E-state index contributed by atoms with van der Waals surface area (Å²) in [6.45, 7) is 18.8. The van der Waals surface area contributed by atoms with Gasteiger partial charge in [0.05, 0.1) is 16.8 Å². The lowest BCUT2D eigenvalue weighted by Crippen LogP contribution is -2.57. The van der Waals surface area contributed by atoms with Gasteiger partial charge in [-0.05, 0) is 94.4 Å². The van der Waals surface area contributed by atoms with Crippen molar-refractivity contribution in [3.8, 4) is 0 Å². The minimum atomic E-state index is -2.83. The Balaban J connectivity index is 3.04. The zero-order chi connectivity index (χ0) is 18.6. The summed E-state index contributed by atoms with van der Waals surface area (Å²) in [4.78, 5) is 0. The first-order valence-electron chi connectivity index (χ1n) is 9.48. The van der Waals surface area contributed by atoms with Crippen molar-refractivity contribution in [2.24, 2.45) is 0 Å². The van der Waals surface area contributed by atoms with Crippen molar-refractivity contribution in [3.05, 3.63) is 11.6 Å². The van der Waals surface area contributed by atoms with Gasteiger partial charge in [-0.2, -0.15) is 0 Å². The highest BCUT2D eigenvalue weighted by Gasteiger charge is 2.49. The SMILES string of the molecule is CC(C)(C)O[Si](CCC1=CCCCC1)(OC(C)(C)C)OC(C)(C)C. The van der Waals surface area contributed by atoms with E-state index in [1.165, 1.54) is 25.7 Å². The van der Waals surface area contributed by atoms with Crippen molar-refractivity contribution in [2.45, 2.75) is 117 Å². The van der Waals surface area contributed by atoms with Crippen LogP contribution in [0.3, 0.4) is 0 Å². The molecule has 24 heavy (non-hydrogen) atoms. The zero-order valence-electron chi connectivity index (χ0n) is 17.5. The molecule has 0 aromatic carbocycles. The summed E-state index contributed by atoms with van der Waals surface area (Å²) < 4.78 is 19.6. The first kappa shape index (κ1) is 21.9. The van der Waals surface area contributed by atoms with Crippen molar-refractivity contribution in [1.29, 1.82) is 0 Å². The lowest BCUT2D eigenvalue weighted by Gasteiger charge is -2.43. The fourth-order valence-corrected chi connectivity index (χ4v) is 6.92. The molecule has 0 atom stereocenters.